The highest BCUT2D eigenvalue weighted by molar-refractivity contribution is 9.10. The molecule has 0 radical (unpaired) electrons. The van der Waals surface area contributed by atoms with Crippen LogP contribution in [0.25, 0.3) is 10.8 Å². The van der Waals surface area contributed by atoms with Gasteiger partial charge in [-0.1, -0.05) is 28.1 Å². The average Bonchev–Trinajstić information content (AvgIpc) is 2.71. The van der Waals surface area contributed by atoms with E-state index >= 15 is 0 Å². The lowest BCUT2D eigenvalue weighted by molar-refractivity contribution is -0.383. The van der Waals surface area contributed by atoms with E-state index in [9.17, 15) is 19.7 Å². The van der Waals surface area contributed by atoms with E-state index in [-0.39, 0.29) is 35.7 Å². The molecule has 2 amide bonds. The highest BCUT2D eigenvalue weighted by Crippen LogP contribution is 2.41. The number of nitrogens with zero attached hydrogens (tertiary/aromatic N) is 2. The molecule has 3 aromatic carbocycles. The number of aliphatic hydroxyl groups is 1. The molecule has 2 N–H and O–H groups in total. The summed E-state index contributed by atoms with van der Waals surface area (Å²) in [6.45, 7) is -0.137. The fourth-order valence-electron chi connectivity index (χ4n) is 3.49. The fraction of sp³-hybridized carbons (Fsp3) is 0.100. The van der Waals surface area contributed by atoms with Gasteiger partial charge in [-0.15, -0.1) is 0 Å². The summed E-state index contributed by atoms with van der Waals surface area (Å²) in [4.78, 5) is 38.5. The van der Waals surface area contributed by atoms with Crippen LogP contribution in [0, 0.1) is 10.1 Å². The zero-order valence-electron chi connectivity index (χ0n) is 14.9. The second-order valence-corrected chi connectivity index (χ2v) is 7.29. The number of anilines is 2. The second kappa shape index (κ2) is 7.26. The Morgan fingerprint density at radius 1 is 1.07 bits per heavy atom. The first kappa shape index (κ1) is 19.0. The van der Waals surface area contributed by atoms with Crippen molar-refractivity contribution < 1.29 is 19.6 Å². The molecule has 0 saturated heterocycles. The summed E-state index contributed by atoms with van der Waals surface area (Å²) in [6.07, 6.45) is 0. The molecule has 29 heavy (non-hydrogen) atoms. The molecule has 0 saturated carbocycles. The second-order valence-electron chi connectivity index (χ2n) is 6.38. The van der Waals surface area contributed by atoms with E-state index in [0.29, 0.717) is 16.5 Å². The molecular formula is C20H14BrN3O5. The van der Waals surface area contributed by atoms with Crippen molar-refractivity contribution in [3.05, 3.63) is 74.2 Å². The van der Waals surface area contributed by atoms with Crippen LogP contribution in [0.1, 0.15) is 20.7 Å². The number of rotatable bonds is 5. The van der Waals surface area contributed by atoms with Crippen LogP contribution in [0.4, 0.5) is 17.1 Å². The van der Waals surface area contributed by atoms with Gasteiger partial charge < -0.3 is 10.4 Å². The number of aliphatic hydroxyl groups excluding tert-OH is 1. The third-order valence-electron chi connectivity index (χ3n) is 4.70. The largest absolute Gasteiger partial charge is 0.395 e. The Bertz CT molecular complexity index is 1180. The Morgan fingerprint density at radius 2 is 1.76 bits per heavy atom. The van der Waals surface area contributed by atoms with E-state index in [1.807, 2.05) is 0 Å². The van der Waals surface area contributed by atoms with E-state index in [1.165, 1.54) is 6.07 Å². The Balaban J connectivity index is 1.99. The van der Waals surface area contributed by atoms with Crippen LogP contribution in [0.5, 0.6) is 0 Å². The predicted octanol–water partition coefficient (Wildman–Crippen LogP) is 3.72. The van der Waals surface area contributed by atoms with E-state index in [0.717, 1.165) is 9.37 Å². The van der Waals surface area contributed by atoms with Crippen molar-refractivity contribution in [3.8, 4) is 0 Å². The molecule has 1 aliphatic heterocycles. The predicted molar refractivity (Wildman–Crippen MR) is 111 cm³/mol. The first-order valence-corrected chi connectivity index (χ1v) is 9.46. The molecule has 0 unspecified atom stereocenters. The summed E-state index contributed by atoms with van der Waals surface area (Å²) in [7, 11) is 0. The van der Waals surface area contributed by atoms with Gasteiger partial charge in [-0.25, -0.2) is 4.90 Å². The standard InChI is InChI=1S/C20H14BrN3O5/c21-11-4-6-12(7-5-11)23-19(26)14-3-1-2-13-17(14)15(20(23)27)10-16(24(28)29)18(13)22-8-9-25/h1-7,10,22,25H,8-9H2. The minimum atomic E-state index is -0.627. The summed E-state index contributed by atoms with van der Waals surface area (Å²) < 4.78 is 0.788. The molecule has 0 aromatic heterocycles. The number of amides is 2. The van der Waals surface area contributed by atoms with Crippen molar-refractivity contribution in [2.24, 2.45) is 0 Å². The molecular weight excluding hydrogens is 442 g/mol. The fourth-order valence-corrected chi connectivity index (χ4v) is 3.75. The Hall–Kier alpha value is -3.30. The molecule has 1 aliphatic rings. The maximum Gasteiger partial charge on any atom is 0.293 e. The monoisotopic (exact) mass is 455 g/mol. The van der Waals surface area contributed by atoms with E-state index in [1.54, 1.807) is 42.5 Å². The number of imide groups is 1. The summed E-state index contributed by atoms with van der Waals surface area (Å²) in [5.74, 6) is -1.13. The average molecular weight is 456 g/mol. The highest BCUT2D eigenvalue weighted by Gasteiger charge is 2.36. The van der Waals surface area contributed by atoms with Crippen LogP contribution in [0.15, 0.2) is 53.0 Å². The maximum absolute atomic E-state index is 13.2. The molecule has 3 aromatic rings. The zero-order chi connectivity index (χ0) is 20.7. The lowest BCUT2D eigenvalue weighted by Gasteiger charge is -2.28. The topological polar surface area (TPSA) is 113 Å². The molecule has 0 atom stereocenters. The number of nitro benzene ring substituents is 1. The Morgan fingerprint density at radius 3 is 2.41 bits per heavy atom. The van der Waals surface area contributed by atoms with Crippen molar-refractivity contribution in [1.82, 2.24) is 0 Å². The number of nitrogens with one attached hydrogen (secondary N) is 1. The first-order chi connectivity index (χ1) is 13.9. The van der Waals surface area contributed by atoms with E-state index < -0.39 is 16.7 Å². The van der Waals surface area contributed by atoms with E-state index in [2.05, 4.69) is 21.2 Å². The lowest BCUT2D eigenvalue weighted by atomic mass is 9.91. The van der Waals surface area contributed by atoms with Crippen LogP contribution < -0.4 is 10.2 Å². The van der Waals surface area contributed by atoms with Gasteiger partial charge in [0.1, 0.15) is 5.69 Å². The molecule has 9 heteroatoms. The van der Waals surface area contributed by atoms with Crippen LogP contribution in [-0.2, 0) is 0 Å². The van der Waals surface area contributed by atoms with Crippen molar-refractivity contribution >= 4 is 55.6 Å². The van der Waals surface area contributed by atoms with Crippen molar-refractivity contribution in [2.75, 3.05) is 23.4 Å². The minimum absolute atomic E-state index is 0.0827. The minimum Gasteiger partial charge on any atom is -0.395 e. The van der Waals surface area contributed by atoms with Crippen LogP contribution in [0.2, 0.25) is 0 Å². The van der Waals surface area contributed by atoms with Crippen LogP contribution in [-0.4, -0.2) is 35.0 Å². The van der Waals surface area contributed by atoms with Crippen molar-refractivity contribution in [1.29, 1.82) is 0 Å². The molecule has 146 valence electrons. The smallest absolute Gasteiger partial charge is 0.293 e. The highest BCUT2D eigenvalue weighted by atomic mass is 79.9. The third-order valence-corrected chi connectivity index (χ3v) is 5.23. The molecule has 4 rings (SSSR count). The van der Waals surface area contributed by atoms with Crippen molar-refractivity contribution in [3.63, 3.8) is 0 Å². The number of hydrogen-bond acceptors (Lipinski definition) is 6. The normalized spacial score (nSPS) is 13.1. The molecule has 0 aliphatic carbocycles. The summed E-state index contributed by atoms with van der Waals surface area (Å²) in [6, 6.07) is 12.7. The van der Waals surface area contributed by atoms with Gasteiger partial charge in [0.05, 0.1) is 22.8 Å². The lowest BCUT2D eigenvalue weighted by Crippen LogP contribution is -2.40. The molecule has 0 fully saturated rings. The van der Waals surface area contributed by atoms with Gasteiger partial charge in [-0.2, -0.15) is 0 Å². The number of hydrogen-bond donors (Lipinski definition) is 2. The Kier molecular flexibility index (Phi) is 4.77. The summed E-state index contributed by atoms with van der Waals surface area (Å²) in [5, 5.41) is 24.4. The van der Waals surface area contributed by atoms with Gasteiger partial charge in [0.25, 0.3) is 17.5 Å². The summed E-state index contributed by atoms with van der Waals surface area (Å²) >= 11 is 3.32. The van der Waals surface area contributed by atoms with E-state index in [4.69, 9.17) is 5.11 Å². The van der Waals surface area contributed by atoms with Gasteiger partial charge in [0, 0.05) is 33.4 Å². The quantitative estimate of drug-likeness (QED) is 0.344. The number of halogens is 1. The molecule has 0 bridgehead atoms. The number of nitro groups is 1. The van der Waals surface area contributed by atoms with Gasteiger partial charge in [-0.05, 0) is 30.3 Å². The van der Waals surface area contributed by atoms with Crippen LogP contribution >= 0.6 is 15.9 Å². The number of benzene rings is 3. The SMILES string of the molecule is O=C1c2cccc3c(NCCO)c([N+](=O)[O-])cc(c23)C(=O)N1c1ccc(Br)cc1. The van der Waals surface area contributed by atoms with Gasteiger partial charge in [0.15, 0.2) is 0 Å². The van der Waals surface area contributed by atoms with Gasteiger partial charge in [0.2, 0.25) is 0 Å². The van der Waals surface area contributed by atoms with Crippen molar-refractivity contribution in [2.45, 2.75) is 0 Å². The maximum atomic E-state index is 13.2. The van der Waals surface area contributed by atoms with Crippen LogP contribution in [0.3, 0.4) is 0 Å². The molecule has 1 heterocycles. The first-order valence-electron chi connectivity index (χ1n) is 8.67. The summed E-state index contributed by atoms with van der Waals surface area (Å²) in [5.41, 5.74) is 0.608. The van der Waals surface area contributed by atoms with Gasteiger partial charge in [-0.3, -0.25) is 19.7 Å². The Labute approximate surface area is 173 Å². The zero-order valence-corrected chi connectivity index (χ0v) is 16.5. The molecule has 8 nitrogen and oxygen atoms in total. The number of carbonyl (C=O) groups is 2. The third kappa shape index (κ3) is 3.04. The number of carbonyl (C=O) groups excluding carboxylic acids is 2. The van der Waals surface area contributed by atoms with Gasteiger partial charge >= 0.3 is 0 Å². The molecule has 0 spiro atoms.